The molecule has 0 saturated heterocycles. The first-order valence-corrected chi connectivity index (χ1v) is 7.76. The van der Waals surface area contributed by atoms with Crippen molar-refractivity contribution in [3.05, 3.63) is 12.2 Å². The van der Waals surface area contributed by atoms with Crippen LogP contribution in [0.3, 0.4) is 0 Å². The molecule has 2 aliphatic rings. The van der Waals surface area contributed by atoms with Gasteiger partial charge >= 0.3 is 0 Å². The van der Waals surface area contributed by atoms with Crippen LogP contribution in [-0.2, 0) is 0 Å². The molecule has 18 heavy (non-hydrogen) atoms. The summed E-state index contributed by atoms with van der Waals surface area (Å²) in [6.45, 7) is 0. The zero-order chi connectivity index (χ0) is 12.9. The monoisotopic (exact) mass is 252 g/mol. The van der Waals surface area contributed by atoms with Gasteiger partial charge in [-0.25, -0.2) is 0 Å². The second-order valence-electron chi connectivity index (χ2n) is 6.27. The van der Waals surface area contributed by atoms with Crippen molar-refractivity contribution in [2.75, 3.05) is 0 Å². The Bertz CT molecular complexity index is 259. The molecule has 2 N–H and O–H groups in total. The first-order chi connectivity index (χ1) is 8.66. The molecule has 0 spiro atoms. The molecule has 0 radical (unpaired) electrons. The Labute approximate surface area is 111 Å². The minimum absolute atomic E-state index is 0.628. The zero-order valence-electron chi connectivity index (χ0n) is 11.5. The third-order valence-corrected chi connectivity index (χ3v) is 4.87. The van der Waals surface area contributed by atoms with E-state index in [0.717, 1.165) is 25.7 Å². The van der Waals surface area contributed by atoms with Gasteiger partial charge in [-0.05, 0) is 25.7 Å². The van der Waals surface area contributed by atoms with Gasteiger partial charge in [0.25, 0.3) is 0 Å². The molecule has 0 aromatic carbocycles. The maximum absolute atomic E-state index is 10.8. The van der Waals surface area contributed by atoms with Gasteiger partial charge in [-0.3, -0.25) is 0 Å². The highest BCUT2D eigenvalue weighted by Crippen LogP contribution is 2.41. The molecule has 1 saturated carbocycles. The van der Waals surface area contributed by atoms with Crippen molar-refractivity contribution in [3.8, 4) is 0 Å². The SMILES string of the molecule is OC12CC=CCC1(O)CCCCCCCCCC2. The molecule has 2 heteroatoms. The average Bonchev–Trinajstić information content (AvgIpc) is 2.34. The lowest BCUT2D eigenvalue weighted by Gasteiger charge is -2.45. The molecule has 0 bridgehead atoms. The molecule has 0 aromatic rings. The largest absolute Gasteiger partial charge is 0.387 e. The molecule has 2 unspecified atom stereocenters. The molecule has 0 aliphatic heterocycles. The molecule has 2 rings (SSSR count). The summed E-state index contributed by atoms with van der Waals surface area (Å²) in [6, 6.07) is 0. The molecule has 2 nitrogen and oxygen atoms in total. The summed E-state index contributed by atoms with van der Waals surface area (Å²) in [5, 5.41) is 21.7. The van der Waals surface area contributed by atoms with Gasteiger partial charge in [0.1, 0.15) is 0 Å². The van der Waals surface area contributed by atoms with Crippen molar-refractivity contribution in [2.24, 2.45) is 0 Å². The number of rotatable bonds is 0. The minimum Gasteiger partial charge on any atom is -0.387 e. The molecule has 1 fully saturated rings. The lowest BCUT2D eigenvalue weighted by molar-refractivity contribution is -0.162. The van der Waals surface area contributed by atoms with Gasteiger partial charge in [0.15, 0.2) is 0 Å². The predicted molar refractivity (Wildman–Crippen MR) is 74.4 cm³/mol. The predicted octanol–water partition coefficient (Wildman–Crippen LogP) is 3.71. The van der Waals surface area contributed by atoms with Gasteiger partial charge in [-0.15, -0.1) is 0 Å². The van der Waals surface area contributed by atoms with Crippen molar-refractivity contribution in [1.82, 2.24) is 0 Å². The van der Waals surface area contributed by atoms with Crippen molar-refractivity contribution < 1.29 is 10.2 Å². The van der Waals surface area contributed by atoms with E-state index < -0.39 is 11.2 Å². The van der Waals surface area contributed by atoms with E-state index in [4.69, 9.17) is 0 Å². The van der Waals surface area contributed by atoms with Crippen LogP contribution in [-0.4, -0.2) is 21.4 Å². The topological polar surface area (TPSA) is 40.5 Å². The van der Waals surface area contributed by atoms with Crippen molar-refractivity contribution in [1.29, 1.82) is 0 Å². The van der Waals surface area contributed by atoms with E-state index >= 15 is 0 Å². The number of aliphatic hydroxyl groups is 2. The summed E-state index contributed by atoms with van der Waals surface area (Å²) in [7, 11) is 0. The third kappa shape index (κ3) is 3.16. The Balaban J connectivity index is 2.05. The van der Waals surface area contributed by atoms with Gasteiger partial charge < -0.3 is 10.2 Å². The molecule has 0 amide bonds. The summed E-state index contributed by atoms with van der Waals surface area (Å²) < 4.78 is 0. The first kappa shape index (κ1) is 14.1. The molecule has 0 aromatic heterocycles. The van der Waals surface area contributed by atoms with E-state index in [2.05, 4.69) is 0 Å². The maximum atomic E-state index is 10.8. The highest BCUT2D eigenvalue weighted by Gasteiger charge is 2.48. The number of hydrogen-bond acceptors (Lipinski definition) is 2. The number of hydrogen-bond donors (Lipinski definition) is 2. The Morgan fingerprint density at radius 3 is 1.28 bits per heavy atom. The van der Waals surface area contributed by atoms with Gasteiger partial charge in [0.2, 0.25) is 0 Å². The summed E-state index contributed by atoms with van der Waals surface area (Å²) in [5.74, 6) is 0. The fourth-order valence-corrected chi connectivity index (χ4v) is 3.50. The average molecular weight is 252 g/mol. The van der Waals surface area contributed by atoms with Crippen LogP contribution in [0.4, 0.5) is 0 Å². The van der Waals surface area contributed by atoms with Crippen LogP contribution in [0.1, 0.15) is 77.0 Å². The Hall–Kier alpha value is -0.340. The fraction of sp³-hybridized carbons (Fsp3) is 0.875. The molecule has 2 aliphatic carbocycles. The van der Waals surface area contributed by atoms with Crippen LogP contribution in [0, 0.1) is 0 Å². The van der Waals surface area contributed by atoms with Crippen LogP contribution in [0.15, 0.2) is 12.2 Å². The van der Waals surface area contributed by atoms with Gasteiger partial charge in [0, 0.05) is 0 Å². The van der Waals surface area contributed by atoms with Crippen LogP contribution >= 0.6 is 0 Å². The highest BCUT2D eigenvalue weighted by molar-refractivity contribution is 5.12. The van der Waals surface area contributed by atoms with Crippen LogP contribution in [0.2, 0.25) is 0 Å². The third-order valence-electron chi connectivity index (χ3n) is 4.87. The first-order valence-electron chi connectivity index (χ1n) is 7.76. The normalized spacial score (nSPS) is 39.4. The summed E-state index contributed by atoms with van der Waals surface area (Å²) in [6.07, 6.45) is 16.6. The summed E-state index contributed by atoms with van der Waals surface area (Å²) in [5.41, 5.74) is -1.75. The lowest BCUT2D eigenvalue weighted by Crippen LogP contribution is -2.55. The van der Waals surface area contributed by atoms with Gasteiger partial charge in [-0.2, -0.15) is 0 Å². The van der Waals surface area contributed by atoms with Crippen molar-refractivity contribution in [3.63, 3.8) is 0 Å². The maximum Gasteiger partial charge on any atom is 0.0970 e. The Morgan fingerprint density at radius 1 is 0.556 bits per heavy atom. The lowest BCUT2D eigenvalue weighted by atomic mass is 9.69. The van der Waals surface area contributed by atoms with Gasteiger partial charge in [-0.1, -0.05) is 63.5 Å². The van der Waals surface area contributed by atoms with E-state index in [0.29, 0.717) is 12.8 Å². The second kappa shape index (κ2) is 6.21. The summed E-state index contributed by atoms with van der Waals surface area (Å²) >= 11 is 0. The van der Waals surface area contributed by atoms with E-state index in [1.54, 1.807) is 0 Å². The smallest absolute Gasteiger partial charge is 0.0970 e. The van der Waals surface area contributed by atoms with Crippen LogP contribution in [0.25, 0.3) is 0 Å². The minimum atomic E-state index is -0.874. The number of fused-ring (bicyclic) bond motifs is 1. The Morgan fingerprint density at radius 2 is 0.889 bits per heavy atom. The van der Waals surface area contributed by atoms with Gasteiger partial charge in [0.05, 0.1) is 11.2 Å². The van der Waals surface area contributed by atoms with Crippen molar-refractivity contribution >= 4 is 0 Å². The van der Waals surface area contributed by atoms with E-state index in [-0.39, 0.29) is 0 Å². The second-order valence-corrected chi connectivity index (χ2v) is 6.27. The zero-order valence-corrected chi connectivity index (χ0v) is 11.5. The molecule has 2 atom stereocenters. The standard InChI is InChI=1S/C16H28O2/c17-15-11-7-5-3-1-2-4-6-8-12-16(15,18)14-10-9-13-15/h9-10,17-18H,1-8,11-14H2. The molecule has 104 valence electrons. The van der Waals surface area contributed by atoms with Crippen molar-refractivity contribution in [2.45, 2.75) is 88.3 Å². The van der Waals surface area contributed by atoms with Crippen LogP contribution in [0.5, 0.6) is 0 Å². The molecular formula is C16H28O2. The summed E-state index contributed by atoms with van der Waals surface area (Å²) in [4.78, 5) is 0. The molecule has 0 heterocycles. The Kier molecular flexibility index (Phi) is 4.85. The van der Waals surface area contributed by atoms with E-state index in [1.165, 1.54) is 38.5 Å². The quantitative estimate of drug-likeness (QED) is 0.645. The fourth-order valence-electron chi connectivity index (χ4n) is 3.50. The van der Waals surface area contributed by atoms with E-state index in [1.807, 2.05) is 12.2 Å². The van der Waals surface area contributed by atoms with Crippen LogP contribution < -0.4 is 0 Å². The van der Waals surface area contributed by atoms with E-state index in [9.17, 15) is 10.2 Å². The molecular weight excluding hydrogens is 224 g/mol. The highest BCUT2D eigenvalue weighted by atomic mass is 16.4.